The maximum Gasteiger partial charge on any atom is 0.328 e. The first-order valence-electron chi connectivity index (χ1n) is 5.37. The number of carboxylic acid groups (broad SMARTS) is 1. The fraction of sp³-hybridized carbons (Fsp3) is 0.250. The Bertz CT molecular complexity index is 599. The Morgan fingerprint density at radius 1 is 1.53 bits per heavy atom. The second kappa shape index (κ2) is 4.37. The van der Waals surface area contributed by atoms with Crippen molar-refractivity contribution in [3.05, 3.63) is 35.3 Å². The number of fused-ring (bicyclic) bond motifs is 1. The maximum atomic E-state index is 10.5. The molecule has 0 unspecified atom stereocenters. The zero-order valence-electron chi connectivity index (χ0n) is 9.71. The van der Waals surface area contributed by atoms with Crippen LogP contribution in [0.2, 0.25) is 0 Å². The number of aliphatic carboxylic acids is 1. The van der Waals surface area contributed by atoms with Crippen LogP contribution in [0.3, 0.4) is 0 Å². The highest BCUT2D eigenvalue weighted by atomic mass is 16.4. The predicted molar refractivity (Wildman–Crippen MR) is 63.8 cm³/mol. The van der Waals surface area contributed by atoms with Gasteiger partial charge in [0.15, 0.2) is 5.65 Å². The average molecular weight is 231 g/mol. The molecule has 0 saturated carbocycles. The van der Waals surface area contributed by atoms with Crippen LogP contribution >= 0.6 is 0 Å². The largest absolute Gasteiger partial charge is 0.478 e. The molecule has 5 heteroatoms. The van der Waals surface area contributed by atoms with Gasteiger partial charge in [-0.1, -0.05) is 6.92 Å². The molecule has 0 radical (unpaired) electrons. The van der Waals surface area contributed by atoms with E-state index in [1.165, 1.54) is 0 Å². The van der Waals surface area contributed by atoms with Crippen molar-refractivity contribution >= 4 is 17.7 Å². The van der Waals surface area contributed by atoms with Crippen molar-refractivity contribution in [2.24, 2.45) is 0 Å². The van der Waals surface area contributed by atoms with Crippen LogP contribution in [0.5, 0.6) is 0 Å². The van der Waals surface area contributed by atoms with Crippen molar-refractivity contribution in [2.75, 3.05) is 0 Å². The van der Waals surface area contributed by atoms with Gasteiger partial charge in [0.2, 0.25) is 0 Å². The number of nitrogens with zero attached hydrogens (tertiary/aromatic N) is 3. The number of carbonyl (C=O) groups is 1. The van der Waals surface area contributed by atoms with E-state index >= 15 is 0 Å². The van der Waals surface area contributed by atoms with Gasteiger partial charge in [0.1, 0.15) is 5.82 Å². The summed E-state index contributed by atoms with van der Waals surface area (Å²) in [5, 5.41) is 16.8. The third-order valence-electron chi connectivity index (χ3n) is 2.66. The van der Waals surface area contributed by atoms with Gasteiger partial charge in [-0.25, -0.2) is 4.79 Å². The number of hydrogen-bond acceptors (Lipinski definition) is 3. The minimum Gasteiger partial charge on any atom is -0.478 e. The summed E-state index contributed by atoms with van der Waals surface area (Å²) >= 11 is 0. The minimum atomic E-state index is -0.958. The lowest BCUT2D eigenvalue weighted by Crippen LogP contribution is -1.95. The summed E-state index contributed by atoms with van der Waals surface area (Å²) in [6.45, 7) is 3.93. The highest BCUT2D eigenvalue weighted by Gasteiger charge is 2.07. The Morgan fingerprint density at radius 3 is 2.94 bits per heavy atom. The molecule has 0 bridgehead atoms. The van der Waals surface area contributed by atoms with E-state index in [4.69, 9.17) is 5.11 Å². The lowest BCUT2D eigenvalue weighted by molar-refractivity contribution is -0.131. The predicted octanol–water partition coefficient (Wildman–Crippen LogP) is 1.70. The van der Waals surface area contributed by atoms with Crippen LogP contribution in [-0.4, -0.2) is 25.7 Å². The van der Waals surface area contributed by atoms with E-state index in [2.05, 4.69) is 10.2 Å². The highest BCUT2D eigenvalue weighted by molar-refractivity contribution is 5.86. The van der Waals surface area contributed by atoms with Gasteiger partial charge in [-0.15, -0.1) is 10.2 Å². The summed E-state index contributed by atoms with van der Waals surface area (Å²) < 4.78 is 1.92. The SMILES string of the molecule is CCc1nnc2c(C)c(/C=C/C(=O)O)ccn12. The third kappa shape index (κ3) is 2.04. The fourth-order valence-corrected chi connectivity index (χ4v) is 1.73. The lowest BCUT2D eigenvalue weighted by Gasteiger charge is -2.03. The normalized spacial score (nSPS) is 11.4. The summed E-state index contributed by atoms with van der Waals surface area (Å²) in [5.74, 6) is -0.0585. The van der Waals surface area contributed by atoms with Gasteiger partial charge in [-0.05, 0) is 24.6 Å². The molecule has 0 spiro atoms. The zero-order valence-corrected chi connectivity index (χ0v) is 9.71. The molecule has 0 fully saturated rings. The van der Waals surface area contributed by atoms with Gasteiger partial charge in [-0.2, -0.15) is 0 Å². The van der Waals surface area contributed by atoms with Gasteiger partial charge in [0.25, 0.3) is 0 Å². The molecule has 2 rings (SSSR count). The van der Waals surface area contributed by atoms with Crippen molar-refractivity contribution in [2.45, 2.75) is 20.3 Å². The summed E-state index contributed by atoms with van der Waals surface area (Å²) in [5.41, 5.74) is 2.54. The number of rotatable bonds is 3. The van der Waals surface area contributed by atoms with Crippen molar-refractivity contribution in [3.63, 3.8) is 0 Å². The molecule has 17 heavy (non-hydrogen) atoms. The van der Waals surface area contributed by atoms with Gasteiger partial charge in [0.05, 0.1) is 0 Å². The molecule has 0 amide bonds. The molecule has 0 aliphatic carbocycles. The smallest absolute Gasteiger partial charge is 0.328 e. The van der Waals surface area contributed by atoms with E-state index in [-0.39, 0.29) is 0 Å². The van der Waals surface area contributed by atoms with Gasteiger partial charge in [-0.3, -0.25) is 4.40 Å². The summed E-state index contributed by atoms with van der Waals surface area (Å²) in [6.07, 6.45) is 5.36. The minimum absolute atomic E-state index is 0.773. The Hall–Kier alpha value is -2.17. The van der Waals surface area contributed by atoms with Crippen molar-refractivity contribution < 1.29 is 9.90 Å². The molecule has 0 aromatic carbocycles. The quantitative estimate of drug-likeness (QED) is 0.816. The van der Waals surface area contributed by atoms with E-state index in [0.717, 1.165) is 35.1 Å². The Morgan fingerprint density at radius 2 is 2.29 bits per heavy atom. The molecular formula is C12H13N3O2. The van der Waals surface area contributed by atoms with E-state index in [1.54, 1.807) is 6.08 Å². The maximum absolute atomic E-state index is 10.5. The first-order chi connectivity index (χ1) is 8.13. The van der Waals surface area contributed by atoms with Crippen molar-refractivity contribution in [1.29, 1.82) is 0 Å². The molecule has 0 aliphatic rings. The molecular weight excluding hydrogens is 218 g/mol. The number of hydrogen-bond donors (Lipinski definition) is 1. The Balaban J connectivity index is 2.54. The number of aryl methyl sites for hydroxylation is 2. The van der Waals surface area contributed by atoms with E-state index in [9.17, 15) is 4.79 Å². The molecule has 2 aromatic heterocycles. The van der Waals surface area contributed by atoms with Crippen LogP contribution in [0.1, 0.15) is 23.9 Å². The second-order valence-electron chi connectivity index (χ2n) is 3.73. The standard InChI is InChI=1S/C12H13N3O2/c1-3-10-13-14-12-8(2)9(4-5-11(16)17)6-7-15(10)12/h4-7H,3H2,1-2H3,(H,16,17)/b5-4+. The highest BCUT2D eigenvalue weighted by Crippen LogP contribution is 2.16. The van der Waals surface area contributed by atoms with E-state index in [0.29, 0.717) is 0 Å². The van der Waals surface area contributed by atoms with E-state index < -0.39 is 5.97 Å². The number of carboxylic acids is 1. The van der Waals surface area contributed by atoms with Gasteiger partial charge < -0.3 is 5.11 Å². The number of pyridine rings is 1. The fourth-order valence-electron chi connectivity index (χ4n) is 1.73. The monoisotopic (exact) mass is 231 g/mol. The Kier molecular flexibility index (Phi) is 2.91. The topological polar surface area (TPSA) is 67.5 Å². The van der Waals surface area contributed by atoms with Crippen LogP contribution in [0.25, 0.3) is 11.7 Å². The first kappa shape index (κ1) is 11.3. The van der Waals surface area contributed by atoms with Crippen LogP contribution < -0.4 is 0 Å². The molecule has 0 atom stereocenters. The van der Waals surface area contributed by atoms with E-state index in [1.807, 2.05) is 30.5 Å². The van der Waals surface area contributed by atoms with Crippen LogP contribution in [0, 0.1) is 6.92 Å². The van der Waals surface area contributed by atoms with Crippen LogP contribution in [0.4, 0.5) is 0 Å². The second-order valence-corrected chi connectivity index (χ2v) is 3.73. The summed E-state index contributed by atoms with van der Waals surface area (Å²) in [6, 6.07) is 1.87. The average Bonchev–Trinajstić information content (AvgIpc) is 2.71. The molecule has 0 saturated heterocycles. The third-order valence-corrected chi connectivity index (χ3v) is 2.66. The lowest BCUT2D eigenvalue weighted by atomic mass is 10.1. The molecule has 0 aliphatic heterocycles. The molecule has 88 valence electrons. The molecule has 2 heterocycles. The first-order valence-corrected chi connectivity index (χ1v) is 5.37. The van der Waals surface area contributed by atoms with Crippen LogP contribution in [0.15, 0.2) is 18.3 Å². The number of aromatic nitrogens is 3. The van der Waals surface area contributed by atoms with Crippen molar-refractivity contribution in [1.82, 2.24) is 14.6 Å². The summed E-state index contributed by atoms with van der Waals surface area (Å²) in [7, 11) is 0. The molecule has 2 aromatic rings. The summed E-state index contributed by atoms with van der Waals surface area (Å²) in [4.78, 5) is 10.5. The zero-order chi connectivity index (χ0) is 12.4. The Labute approximate surface area is 98.4 Å². The van der Waals surface area contributed by atoms with Gasteiger partial charge in [0, 0.05) is 24.3 Å². The van der Waals surface area contributed by atoms with Gasteiger partial charge >= 0.3 is 5.97 Å². The van der Waals surface area contributed by atoms with Crippen LogP contribution in [-0.2, 0) is 11.2 Å². The molecule has 5 nitrogen and oxygen atoms in total. The van der Waals surface area contributed by atoms with Crippen molar-refractivity contribution in [3.8, 4) is 0 Å². The molecule has 1 N–H and O–H groups in total.